The fourth-order valence-corrected chi connectivity index (χ4v) is 3.55. The van der Waals surface area contributed by atoms with Crippen molar-refractivity contribution in [3.8, 4) is 0 Å². The summed E-state index contributed by atoms with van der Waals surface area (Å²) in [5, 5.41) is 10.2. The van der Waals surface area contributed by atoms with Crippen molar-refractivity contribution in [1.29, 1.82) is 0 Å². The quantitative estimate of drug-likeness (QED) is 0.878. The molecule has 3 nitrogen and oxygen atoms in total. The Morgan fingerprint density at radius 2 is 1.41 bits per heavy atom. The van der Waals surface area contributed by atoms with E-state index in [0.29, 0.717) is 6.54 Å². The van der Waals surface area contributed by atoms with Crippen LogP contribution in [0.3, 0.4) is 0 Å². The summed E-state index contributed by atoms with van der Waals surface area (Å²) < 4.78 is 0. The number of nitrogens with zero attached hydrogens (tertiary/aromatic N) is 2. The van der Waals surface area contributed by atoms with E-state index in [0.717, 1.165) is 5.11 Å². The molecule has 114 valence electrons. The number of aliphatic hydroxyl groups is 1. The van der Waals surface area contributed by atoms with Gasteiger partial charge in [-0.15, -0.1) is 0 Å². The van der Waals surface area contributed by atoms with Gasteiger partial charge >= 0.3 is 0 Å². The summed E-state index contributed by atoms with van der Waals surface area (Å²) in [7, 11) is 2.04. The van der Waals surface area contributed by atoms with Gasteiger partial charge in [-0.2, -0.15) is 0 Å². The summed E-state index contributed by atoms with van der Waals surface area (Å²) in [4.78, 5) is 4.26. The Kier molecular flexibility index (Phi) is 4.41. The SMILES string of the molecule is CN1C(=S)N(CCO)[C@H](c2ccccc2)[C@H]1c1ccccc1. The summed E-state index contributed by atoms with van der Waals surface area (Å²) in [6.07, 6.45) is 0. The van der Waals surface area contributed by atoms with E-state index >= 15 is 0 Å². The van der Waals surface area contributed by atoms with Crippen LogP contribution >= 0.6 is 12.2 Å². The minimum absolute atomic E-state index is 0.0961. The van der Waals surface area contributed by atoms with E-state index in [4.69, 9.17) is 12.2 Å². The number of hydrogen-bond acceptors (Lipinski definition) is 2. The van der Waals surface area contributed by atoms with Crippen molar-refractivity contribution in [2.75, 3.05) is 20.2 Å². The van der Waals surface area contributed by atoms with E-state index in [1.165, 1.54) is 11.1 Å². The number of benzene rings is 2. The Bertz CT molecular complexity index is 632. The van der Waals surface area contributed by atoms with Gasteiger partial charge in [-0.1, -0.05) is 60.7 Å². The molecule has 0 saturated carbocycles. The molecule has 1 fully saturated rings. The van der Waals surface area contributed by atoms with Gasteiger partial charge in [0.1, 0.15) is 0 Å². The van der Waals surface area contributed by atoms with E-state index < -0.39 is 0 Å². The molecule has 0 aliphatic carbocycles. The molecule has 1 heterocycles. The molecule has 0 bridgehead atoms. The normalized spacial score (nSPS) is 21.5. The Balaban J connectivity index is 2.07. The molecule has 3 rings (SSSR count). The van der Waals surface area contributed by atoms with Crippen LogP contribution in [0.1, 0.15) is 23.2 Å². The monoisotopic (exact) mass is 312 g/mol. The molecule has 22 heavy (non-hydrogen) atoms. The first-order valence-corrected chi connectivity index (χ1v) is 7.89. The molecule has 1 aliphatic rings. The van der Waals surface area contributed by atoms with Crippen LogP contribution in [0.15, 0.2) is 60.7 Å². The van der Waals surface area contributed by atoms with Gasteiger partial charge in [0.05, 0.1) is 18.7 Å². The molecule has 0 amide bonds. The molecule has 1 saturated heterocycles. The molecule has 0 unspecified atom stereocenters. The fraction of sp³-hybridized carbons (Fsp3) is 0.278. The van der Waals surface area contributed by atoms with E-state index in [1.54, 1.807) is 0 Å². The van der Waals surface area contributed by atoms with Crippen molar-refractivity contribution in [2.24, 2.45) is 0 Å². The first kappa shape index (κ1) is 15.0. The zero-order valence-corrected chi connectivity index (χ0v) is 13.4. The highest BCUT2D eigenvalue weighted by atomic mass is 32.1. The molecule has 2 atom stereocenters. The lowest BCUT2D eigenvalue weighted by Crippen LogP contribution is -2.32. The van der Waals surface area contributed by atoms with Gasteiger partial charge in [0, 0.05) is 13.6 Å². The minimum Gasteiger partial charge on any atom is -0.395 e. The maximum Gasteiger partial charge on any atom is 0.172 e. The van der Waals surface area contributed by atoms with Gasteiger partial charge in [-0.3, -0.25) is 0 Å². The van der Waals surface area contributed by atoms with Crippen LogP contribution in [0.2, 0.25) is 0 Å². The first-order chi connectivity index (χ1) is 10.7. The van der Waals surface area contributed by atoms with Crippen molar-refractivity contribution in [2.45, 2.75) is 12.1 Å². The standard InChI is InChI=1S/C18H20N2OS/c1-19-16(14-8-4-2-5-9-14)17(15-10-6-3-7-11-15)20(12-13-21)18(19)22/h2-11,16-17,21H,12-13H2,1H3/t16-,17-/m1/s1. The van der Waals surface area contributed by atoms with Gasteiger partial charge < -0.3 is 14.9 Å². The van der Waals surface area contributed by atoms with Crippen molar-refractivity contribution in [3.05, 3.63) is 71.8 Å². The molecule has 1 aliphatic heterocycles. The second-order valence-corrected chi connectivity index (χ2v) is 5.89. The molecule has 0 spiro atoms. The van der Waals surface area contributed by atoms with Gasteiger partial charge in [0.2, 0.25) is 0 Å². The third kappa shape index (κ3) is 2.60. The van der Waals surface area contributed by atoms with Gasteiger partial charge in [0.25, 0.3) is 0 Å². The molecule has 0 aromatic heterocycles. The Hall–Kier alpha value is -1.91. The molecule has 2 aromatic carbocycles. The highest BCUT2D eigenvalue weighted by Gasteiger charge is 2.42. The lowest BCUT2D eigenvalue weighted by Gasteiger charge is -2.28. The maximum atomic E-state index is 9.43. The molecule has 4 heteroatoms. The van der Waals surface area contributed by atoms with Gasteiger partial charge in [-0.25, -0.2) is 0 Å². The van der Waals surface area contributed by atoms with Crippen LogP contribution in [0.5, 0.6) is 0 Å². The molecular weight excluding hydrogens is 292 g/mol. The second kappa shape index (κ2) is 6.46. The van der Waals surface area contributed by atoms with Crippen LogP contribution in [0.25, 0.3) is 0 Å². The first-order valence-electron chi connectivity index (χ1n) is 7.48. The lowest BCUT2D eigenvalue weighted by molar-refractivity contribution is 0.218. The number of likely N-dealkylation sites (N-methyl/N-ethyl adjacent to an activating group) is 1. The average Bonchev–Trinajstić information content (AvgIpc) is 2.82. The summed E-state index contributed by atoms with van der Waals surface area (Å²) in [5.41, 5.74) is 2.46. The maximum absolute atomic E-state index is 9.43. The zero-order chi connectivity index (χ0) is 15.5. The van der Waals surface area contributed by atoms with Crippen molar-refractivity contribution in [3.63, 3.8) is 0 Å². The second-order valence-electron chi connectivity index (χ2n) is 5.52. The van der Waals surface area contributed by atoms with E-state index in [1.807, 2.05) is 19.2 Å². The topological polar surface area (TPSA) is 26.7 Å². The summed E-state index contributed by atoms with van der Waals surface area (Å²) in [6.45, 7) is 0.644. The third-order valence-electron chi connectivity index (χ3n) is 4.22. The number of aliphatic hydroxyl groups excluding tert-OH is 1. The molecule has 0 radical (unpaired) electrons. The van der Waals surface area contributed by atoms with Crippen LogP contribution in [-0.2, 0) is 0 Å². The molecular formula is C18H20N2OS. The average molecular weight is 312 g/mol. The van der Waals surface area contributed by atoms with Gasteiger partial charge in [0.15, 0.2) is 5.11 Å². The van der Waals surface area contributed by atoms with Crippen LogP contribution < -0.4 is 0 Å². The summed E-state index contributed by atoms with van der Waals surface area (Å²) in [6, 6.07) is 21.1. The third-order valence-corrected chi connectivity index (χ3v) is 4.75. The predicted molar refractivity (Wildman–Crippen MR) is 92.5 cm³/mol. The number of hydrogen-bond donors (Lipinski definition) is 1. The Labute approximate surface area is 136 Å². The van der Waals surface area contributed by atoms with Crippen LogP contribution in [0, 0.1) is 0 Å². The largest absolute Gasteiger partial charge is 0.395 e. The van der Waals surface area contributed by atoms with E-state index in [2.05, 4.69) is 58.3 Å². The highest BCUT2D eigenvalue weighted by Crippen LogP contribution is 2.43. The zero-order valence-electron chi connectivity index (χ0n) is 12.6. The Morgan fingerprint density at radius 3 is 1.91 bits per heavy atom. The highest BCUT2D eigenvalue weighted by molar-refractivity contribution is 7.80. The van der Waals surface area contributed by atoms with E-state index in [-0.39, 0.29) is 18.7 Å². The minimum atomic E-state index is 0.0961. The smallest absolute Gasteiger partial charge is 0.172 e. The van der Waals surface area contributed by atoms with Crippen LogP contribution in [-0.4, -0.2) is 40.2 Å². The number of thiocarbonyl (C=S) groups is 1. The van der Waals surface area contributed by atoms with Crippen molar-refractivity contribution in [1.82, 2.24) is 9.80 Å². The summed E-state index contributed by atoms with van der Waals surface area (Å²) in [5.74, 6) is 0. The number of rotatable bonds is 4. The fourth-order valence-electron chi connectivity index (χ4n) is 3.23. The van der Waals surface area contributed by atoms with Crippen molar-refractivity contribution >= 4 is 17.3 Å². The van der Waals surface area contributed by atoms with Gasteiger partial charge in [-0.05, 0) is 23.3 Å². The van der Waals surface area contributed by atoms with Crippen molar-refractivity contribution < 1.29 is 5.11 Å². The van der Waals surface area contributed by atoms with E-state index in [9.17, 15) is 5.11 Å². The summed E-state index contributed by atoms with van der Waals surface area (Å²) >= 11 is 5.62. The number of β-amino-alcohol motifs (C(OH)–C–C–N with tert-alkyl or cyclic N) is 1. The molecule has 2 aromatic rings. The Morgan fingerprint density at radius 1 is 0.909 bits per heavy atom. The lowest BCUT2D eigenvalue weighted by atomic mass is 9.93. The molecule has 1 N–H and O–H groups in total. The predicted octanol–water partition coefficient (Wildman–Crippen LogP) is 2.99. The van der Waals surface area contributed by atoms with Crippen LogP contribution in [0.4, 0.5) is 0 Å².